The van der Waals surface area contributed by atoms with Gasteiger partial charge >= 0.3 is 6.09 Å². The molecule has 0 aliphatic heterocycles. The first-order valence-corrected chi connectivity index (χ1v) is 4.67. The smallest absolute Gasteiger partial charge is 0.411 e. The first-order valence-electron chi connectivity index (χ1n) is 4.67. The van der Waals surface area contributed by atoms with Crippen LogP contribution in [0, 0.1) is 0 Å². The number of amides is 1. The second-order valence-corrected chi connectivity index (χ2v) is 3.09. The molecule has 1 unspecified atom stereocenters. The maximum Gasteiger partial charge on any atom is 0.411 e. The highest BCUT2D eigenvalue weighted by molar-refractivity contribution is 5.84. The lowest BCUT2D eigenvalue weighted by molar-refractivity contribution is 0.155. The molecule has 5 heteroatoms. The van der Waals surface area contributed by atoms with Crippen LogP contribution in [0.15, 0.2) is 30.3 Å². The van der Waals surface area contributed by atoms with Crippen molar-refractivity contribution in [2.75, 3.05) is 18.5 Å². The summed E-state index contributed by atoms with van der Waals surface area (Å²) in [6, 6.07) is 8.73. The molecule has 0 aliphatic rings. The molecule has 5 N–H and O–H groups in total. The van der Waals surface area contributed by atoms with Crippen molar-refractivity contribution in [1.29, 1.82) is 0 Å². The van der Waals surface area contributed by atoms with Gasteiger partial charge < -0.3 is 16.2 Å². The van der Waals surface area contributed by atoms with Gasteiger partial charge in [0.25, 0.3) is 0 Å². The molecule has 82 valence electrons. The van der Waals surface area contributed by atoms with E-state index >= 15 is 0 Å². The number of nitrogens with two attached hydrogens (primary N) is 2. The quantitative estimate of drug-likeness (QED) is 0.674. The van der Waals surface area contributed by atoms with Crippen molar-refractivity contribution in [3.63, 3.8) is 0 Å². The number of rotatable bonds is 4. The molecular weight excluding hydrogens is 194 g/mol. The number of benzene rings is 1. The maximum absolute atomic E-state index is 11.2. The molecule has 1 rings (SSSR count). The Bertz CT molecular complexity index is 303. The molecule has 1 amide bonds. The lowest BCUT2D eigenvalue weighted by Gasteiger charge is -2.10. The Labute approximate surface area is 88.4 Å². The molecule has 0 saturated heterocycles. The van der Waals surface area contributed by atoms with E-state index in [-0.39, 0.29) is 12.6 Å². The fourth-order valence-electron chi connectivity index (χ4n) is 0.926. The van der Waals surface area contributed by atoms with Crippen molar-refractivity contribution in [3.05, 3.63) is 30.3 Å². The van der Waals surface area contributed by atoms with E-state index in [0.717, 1.165) is 0 Å². The third kappa shape index (κ3) is 4.44. The molecule has 0 aromatic heterocycles. The molecule has 1 aromatic rings. The van der Waals surface area contributed by atoms with Crippen molar-refractivity contribution in [2.24, 2.45) is 11.5 Å². The first-order chi connectivity index (χ1) is 7.22. The molecule has 0 bridgehead atoms. The highest BCUT2D eigenvalue weighted by Gasteiger charge is 2.05. The Morgan fingerprint density at radius 2 is 2.07 bits per heavy atom. The third-order valence-electron chi connectivity index (χ3n) is 1.75. The molecule has 0 radical (unpaired) electrons. The minimum atomic E-state index is -0.523. The molecule has 1 aromatic carbocycles. The standard InChI is InChI=1S/C10H15N3O2/c11-6-8(12)7-15-10(14)13-9-4-2-1-3-5-9/h1-5,8H,6-7,11-12H2,(H,13,14). The number of carbonyl (C=O) groups excluding carboxylic acids is 1. The number of anilines is 1. The van der Waals surface area contributed by atoms with E-state index in [1.165, 1.54) is 0 Å². The Balaban J connectivity index is 2.31. The van der Waals surface area contributed by atoms with Crippen molar-refractivity contribution in [1.82, 2.24) is 0 Å². The molecule has 15 heavy (non-hydrogen) atoms. The van der Waals surface area contributed by atoms with Crippen LogP contribution in [0.5, 0.6) is 0 Å². The number of para-hydroxylation sites is 1. The van der Waals surface area contributed by atoms with Gasteiger partial charge in [0.05, 0.1) is 6.04 Å². The van der Waals surface area contributed by atoms with Crippen LogP contribution < -0.4 is 16.8 Å². The number of hydrogen-bond donors (Lipinski definition) is 3. The fourth-order valence-corrected chi connectivity index (χ4v) is 0.926. The summed E-state index contributed by atoms with van der Waals surface area (Å²) in [4.78, 5) is 11.2. The SMILES string of the molecule is NCC(N)COC(=O)Nc1ccccc1. The van der Waals surface area contributed by atoms with Crippen molar-refractivity contribution >= 4 is 11.8 Å². The van der Waals surface area contributed by atoms with Gasteiger partial charge in [0, 0.05) is 12.2 Å². The van der Waals surface area contributed by atoms with Crippen LogP contribution >= 0.6 is 0 Å². The minimum Gasteiger partial charge on any atom is -0.448 e. The summed E-state index contributed by atoms with van der Waals surface area (Å²) in [7, 11) is 0. The molecule has 0 aliphatic carbocycles. The molecule has 5 nitrogen and oxygen atoms in total. The van der Waals surface area contributed by atoms with E-state index in [4.69, 9.17) is 16.2 Å². The van der Waals surface area contributed by atoms with Crippen LogP contribution in [0.25, 0.3) is 0 Å². The van der Waals surface area contributed by atoms with Crippen molar-refractivity contribution in [2.45, 2.75) is 6.04 Å². The molecule has 0 saturated carbocycles. The number of ether oxygens (including phenoxy) is 1. The third-order valence-corrected chi connectivity index (χ3v) is 1.75. The lowest BCUT2D eigenvalue weighted by Crippen LogP contribution is -2.35. The second kappa shape index (κ2) is 6.00. The minimum absolute atomic E-state index is 0.120. The monoisotopic (exact) mass is 209 g/mol. The number of carbonyl (C=O) groups is 1. The fraction of sp³-hybridized carbons (Fsp3) is 0.300. The van der Waals surface area contributed by atoms with Gasteiger partial charge in [-0.3, -0.25) is 5.32 Å². The summed E-state index contributed by atoms with van der Waals surface area (Å²) in [6.07, 6.45) is -0.523. The van der Waals surface area contributed by atoms with Gasteiger partial charge in [-0.2, -0.15) is 0 Å². The topological polar surface area (TPSA) is 90.4 Å². The van der Waals surface area contributed by atoms with Gasteiger partial charge in [-0.05, 0) is 12.1 Å². The van der Waals surface area contributed by atoms with E-state index in [9.17, 15) is 4.79 Å². The van der Waals surface area contributed by atoms with Gasteiger partial charge in [-0.25, -0.2) is 4.79 Å². The van der Waals surface area contributed by atoms with Crippen LogP contribution in [0.3, 0.4) is 0 Å². The second-order valence-electron chi connectivity index (χ2n) is 3.09. The van der Waals surface area contributed by atoms with E-state index < -0.39 is 6.09 Å². The number of hydrogen-bond acceptors (Lipinski definition) is 4. The number of nitrogens with one attached hydrogen (secondary N) is 1. The molecular formula is C10H15N3O2. The van der Waals surface area contributed by atoms with Gasteiger partial charge in [0.2, 0.25) is 0 Å². The zero-order chi connectivity index (χ0) is 11.1. The zero-order valence-electron chi connectivity index (χ0n) is 8.35. The van der Waals surface area contributed by atoms with E-state index in [1.807, 2.05) is 18.2 Å². The van der Waals surface area contributed by atoms with Crippen molar-refractivity contribution in [3.8, 4) is 0 Å². The van der Waals surface area contributed by atoms with Crippen molar-refractivity contribution < 1.29 is 9.53 Å². The maximum atomic E-state index is 11.2. The average molecular weight is 209 g/mol. The summed E-state index contributed by atoms with van der Waals surface area (Å²) in [5, 5.41) is 2.56. The Morgan fingerprint density at radius 3 is 2.67 bits per heavy atom. The summed E-state index contributed by atoms with van der Waals surface area (Å²) in [5.41, 5.74) is 11.4. The van der Waals surface area contributed by atoms with E-state index in [1.54, 1.807) is 12.1 Å². The first kappa shape index (κ1) is 11.5. The normalized spacial score (nSPS) is 11.9. The zero-order valence-corrected chi connectivity index (χ0v) is 8.35. The largest absolute Gasteiger partial charge is 0.448 e. The van der Waals surface area contributed by atoms with Crippen LogP contribution in [0.4, 0.5) is 10.5 Å². The predicted octanol–water partition coefficient (Wildman–Crippen LogP) is 0.521. The van der Waals surface area contributed by atoms with Gasteiger partial charge in [-0.1, -0.05) is 18.2 Å². The summed E-state index contributed by atoms with van der Waals surface area (Å²) >= 11 is 0. The van der Waals surface area contributed by atoms with Gasteiger partial charge in [0.15, 0.2) is 0 Å². The lowest BCUT2D eigenvalue weighted by atomic mass is 10.3. The molecule has 1 atom stereocenters. The van der Waals surface area contributed by atoms with E-state index in [0.29, 0.717) is 12.2 Å². The summed E-state index contributed by atoms with van der Waals surface area (Å²) in [5.74, 6) is 0. The van der Waals surface area contributed by atoms with Crippen LogP contribution in [0.1, 0.15) is 0 Å². The Kier molecular flexibility index (Phi) is 4.59. The highest BCUT2D eigenvalue weighted by Crippen LogP contribution is 2.04. The Hall–Kier alpha value is -1.59. The summed E-state index contributed by atoms with van der Waals surface area (Å²) < 4.78 is 4.84. The summed E-state index contributed by atoms with van der Waals surface area (Å²) in [6.45, 7) is 0.410. The van der Waals surface area contributed by atoms with E-state index in [2.05, 4.69) is 5.32 Å². The van der Waals surface area contributed by atoms with Gasteiger partial charge in [0.1, 0.15) is 6.61 Å². The Morgan fingerprint density at radius 1 is 1.40 bits per heavy atom. The highest BCUT2D eigenvalue weighted by atomic mass is 16.5. The van der Waals surface area contributed by atoms with Crippen LogP contribution in [0.2, 0.25) is 0 Å². The van der Waals surface area contributed by atoms with Crippen LogP contribution in [-0.2, 0) is 4.74 Å². The van der Waals surface area contributed by atoms with Crippen LogP contribution in [-0.4, -0.2) is 25.3 Å². The molecule has 0 spiro atoms. The average Bonchev–Trinajstić information content (AvgIpc) is 2.27. The molecule has 0 heterocycles. The molecule has 0 fully saturated rings. The predicted molar refractivity (Wildman–Crippen MR) is 58.4 cm³/mol. The van der Waals surface area contributed by atoms with Gasteiger partial charge in [-0.15, -0.1) is 0 Å².